The van der Waals surface area contributed by atoms with Gasteiger partial charge in [0.1, 0.15) is 5.82 Å². The fourth-order valence-corrected chi connectivity index (χ4v) is 2.39. The first kappa shape index (κ1) is 12.7. The van der Waals surface area contributed by atoms with Crippen molar-refractivity contribution in [2.24, 2.45) is 0 Å². The van der Waals surface area contributed by atoms with E-state index < -0.39 is 0 Å². The normalized spacial score (nSPS) is 11.1. The van der Waals surface area contributed by atoms with Gasteiger partial charge < -0.3 is 10.3 Å². The van der Waals surface area contributed by atoms with Crippen LogP contribution in [0.1, 0.15) is 19.2 Å². The summed E-state index contributed by atoms with van der Waals surface area (Å²) >= 11 is 0. The summed E-state index contributed by atoms with van der Waals surface area (Å²) in [7, 11) is 0. The number of aryl methyl sites for hydroxylation is 1. The van der Waals surface area contributed by atoms with Gasteiger partial charge in [0.2, 0.25) is 5.91 Å². The first-order chi connectivity index (χ1) is 9.72. The van der Waals surface area contributed by atoms with E-state index in [-0.39, 0.29) is 5.91 Å². The SMILES string of the molecule is CC(=O)NCCCc1nc2cc3ccccc3cc2[nH]1. The molecule has 2 aromatic carbocycles. The molecule has 3 aromatic rings. The van der Waals surface area contributed by atoms with Crippen LogP contribution >= 0.6 is 0 Å². The molecule has 0 unspecified atom stereocenters. The molecule has 0 spiro atoms. The number of aromatic amines is 1. The number of benzene rings is 2. The number of carbonyl (C=O) groups excluding carboxylic acids is 1. The molecule has 0 aliphatic heterocycles. The zero-order valence-electron chi connectivity index (χ0n) is 11.4. The highest BCUT2D eigenvalue weighted by molar-refractivity contribution is 5.95. The Morgan fingerprint density at radius 1 is 1.25 bits per heavy atom. The molecule has 0 aliphatic carbocycles. The molecule has 4 heteroatoms. The van der Waals surface area contributed by atoms with E-state index in [0.29, 0.717) is 6.54 Å². The lowest BCUT2D eigenvalue weighted by molar-refractivity contribution is -0.118. The molecule has 1 heterocycles. The number of H-pyrrole nitrogens is 1. The van der Waals surface area contributed by atoms with Gasteiger partial charge in [-0.05, 0) is 29.3 Å². The molecular formula is C16H17N3O. The predicted octanol–water partition coefficient (Wildman–Crippen LogP) is 2.78. The van der Waals surface area contributed by atoms with Crippen LogP contribution in [0.5, 0.6) is 0 Å². The lowest BCUT2D eigenvalue weighted by atomic mass is 10.1. The first-order valence-corrected chi connectivity index (χ1v) is 6.84. The highest BCUT2D eigenvalue weighted by Gasteiger charge is 2.04. The fourth-order valence-electron chi connectivity index (χ4n) is 2.39. The molecule has 0 aliphatic rings. The van der Waals surface area contributed by atoms with Crippen LogP contribution in [0.15, 0.2) is 36.4 Å². The minimum absolute atomic E-state index is 0.0147. The van der Waals surface area contributed by atoms with Gasteiger partial charge in [0, 0.05) is 19.9 Å². The average molecular weight is 267 g/mol. The molecule has 2 N–H and O–H groups in total. The van der Waals surface area contributed by atoms with Crippen LogP contribution in [0.25, 0.3) is 21.8 Å². The number of nitrogens with zero attached hydrogens (tertiary/aromatic N) is 1. The van der Waals surface area contributed by atoms with Crippen LogP contribution < -0.4 is 5.32 Å². The Hall–Kier alpha value is -2.36. The monoisotopic (exact) mass is 267 g/mol. The maximum atomic E-state index is 10.8. The number of aromatic nitrogens is 2. The van der Waals surface area contributed by atoms with Crippen molar-refractivity contribution < 1.29 is 4.79 Å². The number of nitrogens with one attached hydrogen (secondary N) is 2. The molecule has 102 valence electrons. The Morgan fingerprint density at radius 2 is 2.00 bits per heavy atom. The lowest BCUT2D eigenvalue weighted by Crippen LogP contribution is -2.21. The van der Waals surface area contributed by atoms with E-state index >= 15 is 0 Å². The van der Waals surface area contributed by atoms with E-state index in [9.17, 15) is 4.79 Å². The summed E-state index contributed by atoms with van der Waals surface area (Å²) in [4.78, 5) is 18.8. The third-order valence-electron chi connectivity index (χ3n) is 3.36. The molecule has 4 nitrogen and oxygen atoms in total. The average Bonchev–Trinajstić information content (AvgIpc) is 2.82. The smallest absolute Gasteiger partial charge is 0.216 e. The largest absolute Gasteiger partial charge is 0.356 e. The van der Waals surface area contributed by atoms with E-state index in [0.717, 1.165) is 29.7 Å². The Bertz CT molecular complexity index is 708. The Morgan fingerprint density at radius 3 is 2.75 bits per heavy atom. The number of hydrogen-bond donors (Lipinski definition) is 2. The summed E-state index contributed by atoms with van der Waals surface area (Å²) in [6, 6.07) is 12.5. The van der Waals surface area contributed by atoms with Crippen molar-refractivity contribution in [1.29, 1.82) is 0 Å². The van der Waals surface area contributed by atoms with Gasteiger partial charge in [-0.25, -0.2) is 4.98 Å². The highest BCUT2D eigenvalue weighted by Crippen LogP contribution is 2.21. The standard InChI is InChI=1S/C16H17N3O/c1-11(20)17-8-4-7-16-18-14-9-12-5-2-3-6-13(12)10-15(14)19-16/h2-3,5-6,9-10H,4,7-8H2,1H3,(H,17,20)(H,18,19). The van der Waals surface area contributed by atoms with Gasteiger partial charge in [-0.1, -0.05) is 24.3 Å². The van der Waals surface area contributed by atoms with Crippen molar-refractivity contribution in [1.82, 2.24) is 15.3 Å². The quantitative estimate of drug-likeness (QED) is 0.714. The number of imidazole rings is 1. The minimum atomic E-state index is 0.0147. The molecule has 0 bridgehead atoms. The molecule has 20 heavy (non-hydrogen) atoms. The van der Waals surface area contributed by atoms with E-state index in [1.807, 2.05) is 12.1 Å². The second-order valence-corrected chi connectivity index (χ2v) is 4.99. The molecule has 0 fully saturated rings. The highest BCUT2D eigenvalue weighted by atomic mass is 16.1. The van der Waals surface area contributed by atoms with E-state index in [4.69, 9.17) is 0 Å². The van der Waals surface area contributed by atoms with Crippen molar-refractivity contribution in [3.05, 3.63) is 42.2 Å². The van der Waals surface area contributed by atoms with Gasteiger partial charge in [0.05, 0.1) is 11.0 Å². The van der Waals surface area contributed by atoms with Crippen molar-refractivity contribution in [3.8, 4) is 0 Å². The van der Waals surface area contributed by atoms with Crippen molar-refractivity contribution in [3.63, 3.8) is 0 Å². The summed E-state index contributed by atoms with van der Waals surface area (Å²) in [5.41, 5.74) is 2.07. The molecule has 1 amide bonds. The van der Waals surface area contributed by atoms with Crippen LogP contribution in [0.3, 0.4) is 0 Å². The Balaban J connectivity index is 1.79. The molecule has 0 saturated carbocycles. The Labute approximate surface area is 117 Å². The van der Waals surface area contributed by atoms with Crippen LogP contribution in [0.2, 0.25) is 0 Å². The maximum absolute atomic E-state index is 10.8. The zero-order valence-corrected chi connectivity index (χ0v) is 11.4. The summed E-state index contributed by atoms with van der Waals surface area (Å²) in [5.74, 6) is 0.988. The van der Waals surface area contributed by atoms with Gasteiger partial charge in [0.15, 0.2) is 0 Å². The molecule has 0 atom stereocenters. The van der Waals surface area contributed by atoms with Gasteiger partial charge >= 0.3 is 0 Å². The number of hydrogen-bond acceptors (Lipinski definition) is 2. The third kappa shape index (κ3) is 2.64. The number of amides is 1. The number of rotatable bonds is 4. The van der Waals surface area contributed by atoms with E-state index in [1.54, 1.807) is 0 Å². The second-order valence-electron chi connectivity index (χ2n) is 4.99. The van der Waals surface area contributed by atoms with Gasteiger partial charge in [-0.2, -0.15) is 0 Å². The van der Waals surface area contributed by atoms with Crippen molar-refractivity contribution >= 4 is 27.7 Å². The third-order valence-corrected chi connectivity index (χ3v) is 3.36. The predicted molar refractivity (Wildman–Crippen MR) is 80.6 cm³/mol. The van der Waals surface area contributed by atoms with Crippen LogP contribution in [0.4, 0.5) is 0 Å². The molecular weight excluding hydrogens is 250 g/mol. The van der Waals surface area contributed by atoms with Crippen LogP contribution in [-0.4, -0.2) is 22.4 Å². The van der Waals surface area contributed by atoms with Gasteiger partial charge in [0.25, 0.3) is 0 Å². The van der Waals surface area contributed by atoms with Gasteiger partial charge in [-0.3, -0.25) is 4.79 Å². The summed E-state index contributed by atoms with van der Waals surface area (Å²) in [6.45, 7) is 2.22. The number of fused-ring (bicyclic) bond motifs is 2. The fraction of sp³-hybridized carbons (Fsp3) is 0.250. The molecule has 0 radical (unpaired) electrons. The second kappa shape index (κ2) is 5.33. The molecule has 3 rings (SSSR count). The molecule has 1 aromatic heterocycles. The summed E-state index contributed by atoms with van der Waals surface area (Å²) in [5, 5.41) is 5.22. The van der Waals surface area contributed by atoms with E-state index in [2.05, 4.69) is 39.6 Å². The molecule has 0 saturated heterocycles. The minimum Gasteiger partial charge on any atom is -0.356 e. The van der Waals surface area contributed by atoms with Gasteiger partial charge in [-0.15, -0.1) is 0 Å². The summed E-state index contributed by atoms with van der Waals surface area (Å²) in [6.07, 6.45) is 1.73. The maximum Gasteiger partial charge on any atom is 0.216 e. The summed E-state index contributed by atoms with van der Waals surface area (Å²) < 4.78 is 0. The van der Waals surface area contributed by atoms with Crippen molar-refractivity contribution in [2.75, 3.05) is 6.54 Å². The van der Waals surface area contributed by atoms with Crippen molar-refractivity contribution in [2.45, 2.75) is 19.8 Å². The Kier molecular flexibility index (Phi) is 3.37. The van der Waals surface area contributed by atoms with E-state index in [1.165, 1.54) is 17.7 Å². The first-order valence-electron chi connectivity index (χ1n) is 6.84. The zero-order chi connectivity index (χ0) is 13.9. The van der Waals surface area contributed by atoms with Crippen LogP contribution in [0, 0.1) is 0 Å². The lowest BCUT2D eigenvalue weighted by Gasteiger charge is -1.99. The number of carbonyl (C=O) groups is 1. The topological polar surface area (TPSA) is 57.8 Å². The van der Waals surface area contributed by atoms with Crippen LogP contribution in [-0.2, 0) is 11.2 Å².